The molecular formula is C24H29F3O7S. The van der Waals surface area contributed by atoms with Crippen molar-refractivity contribution in [1.82, 2.24) is 0 Å². The summed E-state index contributed by atoms with van der Waals surface area (Å²) < 4.78 is 90.6. The standard InChI is InChI=1S/C24H29F3O7S/c1-23(2)13-16-10-20(30-3)21(31-4)12-19(16)22(33-15-23)14-32-8-9-34-35(28,29)18-7-5-6-17(11-18)24(25,26)27/h5-7,10-12,22H,8-9,13-15H2,1-4H3. The number of hydrogen-bond acceptors (Lipinski definition) is 7. The normalized spacial score (nSPS) is 18.0. The molecular weight excluding hydrogens is 489 g/mol. The van der Waals surface area contributed by atoms with E-state index in [4.69, 9.17) is 23.1 Å². The van der Waals surface area contributed by atoms with Gasteiger partial charge in [0.15, 0.2) is 11.5 Å². The van der Waals surface area contributed by atoms with Crippen molar-refractivity contribution in [2.24, 2.45) is 5.41 Å². The Kier molecular flexibility index (Phi) is 8.36. The minimum absolute atomic E-state index is 0.107. The third-order valence-corrected chi connectivity index (χ3v) is 6.83. The SMILES string of the molecule is COc1cc2c(cc1OC)C(COCCOS(=O)(=O)c1cccc(C(F)(F)F)c1)OCC(C)(C)C2. The molecule has 0 N–H and O–H groups in total. The first kappa shape index (κ1) is 27.3. The van der Waals surface area contributed by atoms with E-state index >= 15 is 0 Å². The fraction of sp³-hybridized carbons (Fsp3) is 0.500. The zero-order valence-corrected chi connectivity index (χ0v) is 20.8. The Morgan fingerprint density at radius 2 is 1.74 bits per heavy atom. The third-order valence-electron chi connectivity index (χ3n) is 5.52. The van der Waals surface area contributed by atoms with E-state index in [1.807, 2.05) is 12.1 Å². The molecule has 0 radical (unpaired) electrons. The number of hydrogen-bond donors (Lipinski definition) is 0. The number of halogens is 3. The lowest BCUT2D eigenvalue weighted by Crippen LogP contribution is -2.21. The van der Waals surface area contributed by atoms with Gasteiger partial charge in [-0.1, -0.05) is 19.9 Å². The predicted molar refractivity (Wildman–Crippen MR) is 121 cm³/mol. The summed E-state index contributed by atoms with van der Waals surface area (Å²) in [6.07, 6.45) is -4.35. The van der Waals surface area contributed by atoms with E-state index in [2.05, 4.69) is 13.8 Å². The molecule has 7 nitrogen and oxygen atoms in total. The summed E-state index contributed by atoms with van der Waals surface area (Å²) in [7, 11) is -1.27. The van der Waals surface area contributed by atoms with Crippen LogP contribution in [0.15, 0.2) is 41.3 Å². The van der Waals surface area contributed by atoms with Gasteiger partial charge in [-0.2, -0.15) is 21.6 Å². The molecule has 1 atom stereocenters. The maximum Gasteiger partial charge on any atom is 0.416 e. The van der Waals surface area contributed by atoms with Gasteiger partial charge in [0.2, 0.25) is 0 Å². The van der Waals surface area contributed by atoms with Crippen molar-refractivity contribution in [3.05, 3.63) is 53.1 Å². The van der Waals surface area contributed by atoms with Crippen molar-refractivity contribution in [3.8, 4) is 11.5 Å². The minimum atomic E-state index is -4.66. The second-order valence-electron chi connectivity index (χ2n) is 8.92. The highest BCUT2D eigenvalue weighted by Gasteiger charge is 2.32. The Balaban J connectivity index is 1.64. The highest BCUT2D eigenvalue weighted by atomic mass is 32.2. The van der Waals surface area contributed by atoms with Crippen LogP contribution in [-0.4, -0.2) is 49.1 Å². The Hall–Kier alpha value is -2.34. The maximum absolute atomic E-state index is 12.9. The lowest BCUT2D eigenvalue weighted by atomic mass is 9.85. The largest absolute Gasteiger partial charge is 0.493 e. The molecule has 0 bridgehead atoms. The smallest absolute Gasteiger partial charge is 0.416 e. The quantitative estimate of drug-likeness (QED) is 0.349. The van der Waals surface area contributed by atoms with Gasteiger partial charge in [0.1, 0.15) is 6.10 Å². The van der Waals surface area contributed by atoms with Crippen LogP contribution in [0.3, 0.4) is 0 Å². The number of fused-ring (bicyclic) bond motifs is 1. The van der Waals surface area contributed by atoms with Crippen molar-refractivity contribution < 1.29 is 44.7 Å². The molecule has 11 heteroatoms. The van der Waals surface area contributed by atoms with Crippen LogP contribution >= 0.6 is 0 Å². The van der Waals surface area contributed by atoms with Crippen LogP contribution in [0.5, 0.6) is 11.5 Å². The molecule has 1 unspecified atom stereocenters. The Labute approximate surface area is 203 Å². The van der Waals surface area contributed by atoms with Crippen LogP contribution in [0.2, 0.25) is 0 Å². The Bertz CT molecular complexity index is 1130. The van der Waals surface area contributed by atoms with Crippen LogP contribution in [0.25, 0.3) is 0 Å². The van der Waals surface area contributed by atoms with Gasteiger partial charge in [0, 0.05) is 0 Å². The average Bonchev–Trinajstić information content (AvgIpc) is 2.92. The van der Waals surface area contributed by atoms with Gasteiger partial charge in [-0.25, -0.2) is 0 Å². The first-order valence-electron chi connectivity index (χ1n) is 10.9. The summed E-state index contributed by atoms with van der Waals surface area (Å²) in [6.45, 7) is 4.29. The van der Waals surface area contributed by atoms with Crippen molar-refractivity contribution in [2.45, 2.75) is 37.4 Å². The van der Waals surface area contributed by atoms with Crippen molar-refractivity contribution in [1.29, 1.82) is 0 Å². The first-order valence-corrected chi connectivity index (χ1v) is 12.3. The molecule has 2 aromatic rings. The van der Waals surface area contributed by atoms with Crippen LogP contribution in [0.1, 0.15) is 36.6 Å². The molecule has 2 aromatic carbocycles. The molecule has 0 amide bonds. The molecule has 0 aromatic heterocycles. The van der Waals surface area contributed by atoms with E-state index < -0.39 is 32.9 Å². The van der Waals surface area contributed by atoms with E-state index in [1.165, 1.54) is 0 Å². The molecule has 1 aliphatic heterocycles. The maximum atomic E-state index is 12.9. The molecule has 35 heavy (non-hydrogen) atoms. The Morgan fingerprint density at radius 1 is 1.06 bits per heavy atom. The summed E-state index contributed by atoms with van der Waals surface area (Å²) in [5.74, 6) is 1.16. The van der Waals surface area contributed by atoms with Gasteiger partial charge in [0.25, 0.3) is 10.1 Å². The molecule has 1 aliphatic rings. The zero-order chi connectivity index (χ0) is 25.9. The van der Waals surface area contributed by atoms with Crippen LogP contribution in [0, 0.1) is 5.41 Å². The highest BCUT2D eigenvalue weighted by Crippen LogP contribution is 2.40. The second-order valence-corrected chi connectivity index (χ2v) is 10.5. The zero-order valence-electron chi connectivity index (χ0n) is 20.0. The first-order chi connectivity index (χ1) is 16.4. The summed E-state index contributed by atoms with van der Waals surface area (Å²) in [4.78, 5) is -0.573. The van der Waals surface area contributed by atoms with Gasteiger partial charge in [-0.05, 0) is 53.3 Å². The third kappa shape index (κ3) is 6.87. The average molecular weight is 519 g/mol. The molecule has 0 spiro atoms. The fourth-order valence-corrected chi connectivity index (χ4v) is 4.74. The van der Waals surface area contributed by atoms with Gasteiger partial charge < -0.3 is 18.9 Å². The molecule has 0 aliphatic carbocycles. The van der Waals surface area contributed by atoms with E-state index in [0.717, 1.165) is 35.7 Å². The van der Waals surface area contributed by atoms with Gasteiger partial charge in [0.05, 0.1) is 51.1 Å². The number of benzene rings is 2. The van der Waals surface area contributed by atoms with Gasteiger partial charge >= 0.3 is 6.18 Å². The summed E-state index contributed by atoms with van der Waals surface area (Å²) in [5, 5.41) is 0. The van der Waals surface area contributed by atoms with E-state index in [0.29, 0.717) is 24.2 Å². The van der Waals surface area contributed by atoms with E-state index in [9.17, 15) is 21.6 Å². The lowest BCUT2D eigenvalue weighted by Gasteiger charge is -2.22. The topological polar surface area (TPSA) is 80.3 Å². The Morgan fingerprint density at radius 3 is 2.40 bits per heavy atom. The molecule has 0 saturated heterocycles. The number of alkyl halides is 3. The van der Waals surface area contributed by atoms with Crippen molar-refractivity contribution >= 4 is 10.1 Å². The van der Waals surface area contributed by atoms with Crippen molar-refractivity contribution in [2.75, 3.05) is 40.6 Å². The molecule has 0 saturated carbocycles. The monoisotopic (exact) mass is 518 g/mol. The van der Waals surface area contributed by atoms with Crippen LogP contribution in [-0.2, 0) is 36.4 Å². The van der Waals surface area contributed by atoms with Crippen molar-refractivity contribution in [3.63, 3.8) is 0 Å². The second kappa shape index (κ2) is 10.7. The van der Waals surface area contributed by atoms with Gasteiger partial charge in [-0.15, -0.1) is 0 Å². The van der Waals surface area contributed by atoms with Gasteiger partial charge in [-0.3, -0.25) is 4.18 Å². The summed E-state index contributed by atoms with van der Waals surface area (Å²) in [5.41, 5.74) is 0.705. The lowest BCUT2D eigenvalue weighted by molar-refractivity contribution is -0.137. The highest BCUT2D eigenvalue weighted by molar-refractivity contribution is 7.86. The molecule has 1 heterocycles. The molecule has 3 rings (SSSR count). The van der Waals surface area contributed by atoms with Crippen LogP contribution in [0.4, 0.5) is 13.2 Å². The fourth-order valence-electron chi connectivity index (χ4n) is 3.80. The molecule has 0 fully saturated rings. The van der Waals surface area contributed by atoms with E-state index in [1.54, 1.807) is 14.2 Å². The number of rotatable bonds is 9. The number of methoxy groups -OCH3 is 2. The predicted octanol–water partition coefficient (Wildman–Crippen LogP) is 4.78. The van der Waals surface area contributed by atoms with Crippen LogP contribution < -0.4 is 9.47 Å². The summed E-state index contributed by atoms with van der Waals surface area (Å²) >= 11 is 0. The minimum Gasteiger partial charge on any atom is -0.493 e. The summed E-state index contributed by atoms with van der Waals surface area (Å²) in [6, 6.07) is 7.15. The van der Waals surface area contributed by atoms with E-state index in [-0.39, 0.29) is 25.2 Å². The molecule has 194 valence electrons. The number of ether oxygens (including phenoxy) is 4.